The van der Waals surface area contributed by atoms with Crippen molar-refractivity contribution in [3.05, 3.63) is 58.1 Å². The highest BCUT2D eigenvalue weighted by molar-refractivity contribution is 9.10. The van der Waals surface area contributed by atoms with E-state index >= 15 is 0 Å². The molecule has 4 heterocycles. The van der Waals surface area contributed by atoms with Gasteiger partial charge in [0, 0.05) is 42.4 Å². The molecule has 2 aromatic heterocycles. The molecule has 34 heavy (non-hydrogen) atoms. The molecule has 0 unspecified atom stereocenters. The van der Waals surface area contributed by atoms with Crippen molar-refractivity contribution in [3.8, 4) is 0 Å². The summed E-state index contributed by atoms with van der Waals surface area (Å²) in [5.74, 6) is 0.305. The van der Waals surface area contributed by atoms with E-state index in [1.54, 1.807) is 30.3 Å². The Kier molecular flexibility index (Phi) is 5.72. The van der Waals surface area contributed by atoms with Gasteiger partial charge in [-0.3, -0.25) is 14.3 Å². The van der Waals surface area contributed by atoms with Crippen LogP contribution in [-0.2, 0) is 13.6 Å². The molecule has 2 aliphatic rings. The molecule has 176 valence electrons. The van der Waals surface area contributed by atoms with Gasteiger partial charge in [0.15, 0.2) is 11.5 Å². The minimum absolute atomic E-state index is 0.00965. The number of hydrogen-bond donors (Lipinski definition) is 2. The molecule has 1 aromatic carbocycles. The van der Waals surface area contributed by atoms with Crippen molar-refractivity contribution in [2.75, 3.05) is 16.8 Å². The lowest BCUT2D eigenvalue weighted by Gasteiger charge is -2.43. The quantitative estimate of drug-likeness (QED) is 0.525. The molecule has 10 nitrogen and oxygen atoms in total. The Morgan fingerprint density at radius 1 is 1.26 bits per heavy atom. The van der Waals surface area contributed by atoms with Crippen LogP contribution < -0.4 is 16.0 Å². The molecular weight excluding hydrogens is 500 g/mol. The third kappa shape index (κ3) is 4.00. The monoisotopic (exact) mass is 524 g/mol. The molecule has 0 saturated carbocycles. The number of rotatable bonds is 5. The molecule has 0 radical (unpaired) electrons. The summed E-state index contributed by atoms with van der Waals surface area (Å²) in [5, 5.41) is 7.24. The molecule has 1 saturated heterocycles. The van der Waals surface area contributed by atoms with Crippen molar-refractivity contribution in [2.45, 2.75) is 38.4 Å². The van der Waals surface area contributed by atoms with Gasteiger partial charge in [-0.1, -0.05) is 15.9 Å². The van der Waals surface area contributed by atoms with E-state index in [-0.39, 0.29) is 29.5 Å². The molecule has 0 spiro atoms. The molecule has 3 N–H and O–H groups in total. The molecule has 11 heteroatoms. The van der Waals surface area contributed by atoms with Gasteiger partial charge in [-0.05, 0) is 43.5 Å². The van der Waals surface area contributed by atoms with Gasteiger partial charge in [-0.2, -0.15) is 5.10 Å². The summed E-state index contributed by atoms with van der Waals surface area (Å²) >= 11 is 3.50. The zero-order valence-electron chi connectivity index (χ0n) is 18.9. The lowest BCUT2D eigenvalue weighted by atomic mass is 9.96. The number of piperidine rings is 1. The van der Waals surface area contributed by atoms with E-state index in [4.69, 9.17) is 10.7 Å². The summed E-state index contributed by atoms with van der Waals surface area (Å²) in [7, 11) is 1.80. The maximum Gasteiger partial charge on any atom is 0.271 e. The average molecular weight is 525 g/mol. The van der Waals surface area contributed by atoms with Gasteiger partial charge >= 0.3 is 0 Å². The van der Waals surface area contributed by atoms with Crippen LogP contribution in [0, 0.1) is 0 Å². The van der Waals surface area contributed by atoms with E-state index in [1.165, 1.54) is 0 Å². The number of carbonyl (C=O) groups excluding carboxylic acids is 2. The van der Waals surface area contributed by atoms with E-state index in [2.05, 4.69) is 43.2 Å². The maximum atomic E-state index is 13.2. The Balaban J connectivity index is 1.42. The molecule has 2 atom stereocenters. The standard InChI is InChI=1S/C23H25BrN8O2/c1-13-18(32-11-14-8-15(24)5-6-17(14)23(32)34)4-3-7-31(13)19-10-26-20(21(25)33)22(29-19)28-16-9-27-30(2)12-16/h5-6,8-10,12-13,18H,3-4,7,11H2,1-2H3,(H2,25,33)(H,28,29)/t13-,18-/m1/s1. The summed E-state index contributed by atoms with van der Waals surface area (Å²) in [6.45, 7) is 3.47. The normalized spacial score (nSPS) is 19.9. The Hall–Kier alpha value is -3.47. The van der Waals surface area contributed by atoms with Crippen molar-refractivity contribution in [2.24, 2.45) is 12.8 Å². The number of halogens is 1. The highest BCUT2D eigenvalue weighted by atomic mass is 79.9. The van der Waals surface area contributed by atoms with Crippen molar-refractivity contribution in [1.82, 2.24) is 24.6 Å². The number of anilines is 3. The number of carbonyl (C=O) groups is 2. The van der Waals surface area contributed by atoms with Crippen LogP contribution in [0.4, 0.5) is 17.3 Å². The molecule has 0 aliphatic carbocycles. The van der Waals surface area contributed by atoms with Crippen molar-refractivity contribution in [3.63, 3.8) is 0 Å². The number of nitrogens with one attached hydrogen (secondary N) is 1. The van der Waals surface area contributed by atoms with Crippen LogP contribution in [0.25, 0.3) is 0 Å². The minimum Gasteiger partial charge on any atom is -0.364 e. The molecule has 1 fully saturated rings. The van der Waals surface area contributed by atoms with E-state index < -0.39 is 5.91 Å². The summed E-state index contributed by atoms with van der Waals surface area (Å²) in [5.41, 5.74) is 8.08. The van der Waals surface area contributed by atoms with E-state index in [1.807, 2.05) is 23.1 Å². The lowest BCUT2D eigenvalue weighted by Crippen LogP contribution is -2.54. The first-order valence-corrected chi connectivity index (χ1v) is 11.9. The van der Waals surface area contributed by atoms with Gasteiger partial charge in [-0.25, -0.2) is 9.97 Å². The van der Waals surface area contributed by atoms with Gasteiger partial charge in [0.1, 0.15) is 5.82 Å². The Labute approximate surface area is 205 Å². The fourth-order valence-electron chi connectivity index (χ4n) is 4.85. The number of nitrogens with zero attached hydrogens (tertiary/aromatic N) is 6. The third-order valence-corrected chi connectivity index (χ3v) is 7.00. The summed E-state index contributed by atoms with van der Waals surface area (Å²) in [6.07, 6.45) is 6.79. The Bertz CT molecular complexity index is 1280. The third-order valence-electron chi connectivity index (χ3n) is 6.50. The summed E-state index contributed by atoms with van der Waals surface area (Å²) in [4.78, 5) is 38.3. The van der Waals surface area contributed by atoms with Gasteiger partial charge in [0.05, 0.1) is 24.1 Å². The van der Waals surface area contributed by atoms with Crippen molar-refractivity contribution < 1.29 is 9.59 Å². The number of nitrogens with two attached hydrogens (primary N) is 1. The number of aromatic nitrogens is 4. The SMILES string of the molecule is C[C@@H]1[C@H](N2Cc3cc(Br)ccc3C2=O)CCCN1c1cnc(C(N)=O)c(Nc2cnn(C)c2)n1. The van der Waals surface area contributed by atoms with Gasteiger partial charge < -0.3 is 20.9 Å². The fourth-order valence-corrected chi connectivity index (χ4v) is 5.26. The smallest absolute Gasteiger partial charge is 0.271 e. The van der Waals surface area contributed by atoms with Crippen molar-refractivity contribution >= 4 is 45.1 Å². The zero-order valence-corrected chi connectivity index (χ0v) is 20.5. The molecule has 5 rings (SSSR count). The number of amides is 2. The first kappa shape index (κ1) is 22.3. The molecule has 3 aromatic rings. The van der Waals surface area contributed by atoms with Crippen molar-refractivity contribution in [1.29, 1.82) is 0 Å². The molecule has 2 aliphatic heterocycles. The van der Waals surface area contributed by atoms with E-state index in [0.717, 1.165) is 35.0 Å². The second-order valence-corrected chi connectivity index (χ2v) is 9.61. The van der Waals surface area contributed by atoms with E-state index in [9.17, 15) is 9.59 Å². The first-order chi connectivity index (χ1) is 16.3. The summed E-state index contributed by atoms with van der Waals surface area (Å²) in [6, 6.07) is 5.85. The van der Waals surface area contributed by atoms with Crippen LogP contribution in [0.3, 0.4) is 0 Å². The molecule has 0 bridgehead atoms. The topological polar surface area (TPSA) is 122 Å². The predicted octanol–water partition coefficient (Wildman–Crippen LogP) is 2.83. The minimum atomic E-state index is -0.665. The molecular formula is C23H25BrN8O2. The number of hydrogen-bond acceptors (Lipinski definition) is 7. The number of fused-ring (bicyclic) bond motifs is 1. The van der Waals surface area contributed by atoms with Gasteiger partial charge in [0.2, 0.25) is 0 Å². The highest BCUT2D eigenvalue weighted by Crippen LogP contribution is 2.34. The number of aryl methyl sites for hydroxylation is 1. The largest absolute Gasteiger partial charge is 0.364 e. The van der Waals surface area contributed by atoms with Crippen LogP contribution in [-0.4, -0.2) is 55.1 Å². The van der Waals surface area contributed by atoms with Crippen LogP contribution in [0.5, 0.6) is 0 Å². The number of primary amides is 1. The zero-order chi connectivity index (χ0) is 24.0. The predicted molar refractivity (Wildman–Crippen MR) is 131 cm³/mol. The van der Waals surface area contributed by atoms with Gasteiger partial charge in [0.25, 0.3) is 11.8 Å². The van der Waals surface area contributed by atoms with Gasteiger partial charge in [-0.15, -0.1) is 0 Å². The highest BCUT2D eigenvalue weighted by Gasteiger charge is 2.39. The second kappa shape index (κ2) is 8.71. The van der Waals surface area contributed by atoms with Crippen LogP contribution >= 0.6 is 15.9 Å². The van der Waals surface area contributed by atoms with E-state index in [0.29, 0.717) is 18.1 Å². The fraction of sp³-hybridized carbons (Fsp3) is 0.348. The lowest BCUT2D eigenvalue weighted by molar-refractivity contribution is 0.0645. The average Bonchev–Trinajstić information content (AvgIpc) is 3.35. The molecule has 2 amide bonds. The van der Waals surface area contributed by atoms with Crippen LogP contribution in [0.1, 0.15) is 46.2 Å². The van der Waals surface area contributed by atoms with Crippen LogP contribution in [0.2, 0.25) is 0 Å². The first-order valence-electron chi connectivity index (χ1n) is 11.1. The maximum absolute atomic E-state index is 13.2. The Morgan fingerprint density at radius 2 is 2.09 bits per heavy atom. The summed E-state index contributed by atoms with van der Waals surface area (Å²) < 4.78 is 2.61. The second-order valence-electron chi connectivity index (χ2n) is 8.70. The van der Waals surface area contributed by atoms with Crippen LogP contribution in [0.15, 0.2) is 41.3 Å². The Morgan fingerprint density at radius 3 is 2.82 bits per heavy atom. The number of benzene rings is 1.